The Morgan fingerprint density at radius 3 is 3.27 bits per heavy atom. The van der Waals surface area contributed by atoms with Gasteiger partial charge in [-0.15, -0.1) is 11.8 Å². The third-order valence-electron chi connectivity index (χ3n) is 1.44. The molecule has 0 spiro atoms. The van der Waals surface area contributed by atoms with Crippen molar-refractivity contribution in [1.29, 1.82) is 0 Å². The second kappa shape index (κ2) is 5.63. The van der Waals surface area contributed by atoms with Gasteiger partial charge >= 0.3 is 0 Å². The molecule has 11 heavy (non-hydrogen) atoms. The van der Waals surface area contributed by atoms with E-state index in [0.29, 0.717) is 5.44 Å². The fraction of sp³-hybridized carbons (Fsp3) is 0.750. The van der Waals surface area contributed by atoms with Crippen LogP contribution in [0.3, 0.4) is 0 Å². The molecule has 0 saturated carbocycles. The Hall–Kier alpha value is 0.01000. The van der Waals surface area contributed by atoms with Gasteiger partial charge in [0.15, 0.2) is 0 Å². The highest BCUT2D eigenvalue weighted by atomic mass is 32.2. The SMILES string of the molecule is CCCNCC1OCC=CS1. The molecule has 0 saturated heterocycles. The van der Waals surface area contributed by atoms with E-state index >= 15 is 0 Å². The maximum Gasteiger partial charge on any atom is 0.119 e. The van der Waals surface area contributed by atoms with Gasteiger partial charge in [0, 0.05) is 6.54 Å². The van der Waals surface area contributed by atoms with E-state index in [1.165, 1.54) is 6.42 Å². The third-order valence-corrected chi connectivity index (χ3v) is 2.40. The van der Waals surface area contributed by atoms with Crippen LogP contribution in [0.25, 0.3) is 0 Å². The summed E-state index contributed by atoms with van der Waals surface area (Å²) in [7, 11) is 0. The van der Waals surface area contributed by atoms with E-state index in [0.717, 1.165) is 19.7 Å². The first-order chi connectivity index (χ1) is 5.43. The lowest BCUT2D eigenvalue weighted by atomic mass is 10.5. The maximum absolute atomic E-state index is 5.44. The lowest BCUT2D eigenvalue weighted by Gasteiger charge is -2.18. The van der Waals surface area contributed by atoms with Crippen molar-refractivity contribution in [3.05, 3.63) is 11.5 Å². The van der Waals surface area contributed by atoms with E-state index in [-0.39, 0.29) is 0 Å². The van der Waals surface area contributed by atoms with Crippen LogP contribution in [0, 0.1) is 0 Å². The predicted molar refractivity (Wildman–Crippen MR) is 49.6 cm³/mol. The van der Waals surface area contributed by atoms with Crippen molar-refractivity contribution in [2.24, 2.45) is 0 Å². The van der Waals surface area contributed by atoms with Gasteiger partial charge in [0.1, 0.15) is 5.44 Å². The van der Waals surface area contributed by atoms with Gasteiger partial charge in [-0.2, -0.15) is 0 Å². The summed E-state index contributed by atoms with van der Waals surface area (Å²) in [5, 5.41) is 5.44. The molecule has 0 aliphatic carbocycles. The van der Waals surface area contributed by atoms with Crippen LogP contribution in [-0.4, -0.2) is 25.1 Å². The van der Waals surface area contributed by atoms with Gasteiger partial charge in [0.25, 0.3) is 0 Å². The summed E-state index contributed by atoms with van der Waals surface area (Å²) in [5.74, 6) is 0. The summed E-state index contributed by atoms with van der Waals surface area (Å²) in [4.78, 5) is 0. The molecule has 0 radical (unpaired) electrons. The van der Waals surface area contributed by atoms with Crippen molar-refractivity contribution < 1.29 is 4.74 Å². The first-order valence-electron chi connectivity index (χ1n) is 4.06. The van der Waals surface area contributed by atoms with Gasteiger partial charge in [0.2, 0.25) is 0 Å². The molecule has 1 heterocycles. The lowest BCUT2D eigenvalue weighted by Crippen LogP contribution is -2.28. The molecule has 64 valence electrons. The van der Waals surface area contributed by atoms with Gasteiger partial charge in [-0.1, -0.05) is 13.0 Å². The molecule has 1 atom stereocenters. The minimum Gasteiger partial charge on any atom is -0.362 e. The quantitative estimate of drug-likeness (QED) is 0.652. The van der Waals surface area contributed by atoms with E-state index in [1.54, 1.807) is 11.8 Å². The van der Waals surface area contributed by atoms with E-state index in [1.807, 2.05) is 6.08 Å². The van der Waals surface area contributed by atoms with Crippen molar-refractivity contribution in [1.82, 2.24) is 5.32 Å². The fourth-order valence-electron chi connectivity index (χ4n) is 0.888. The number of thioether (sulfide) groups is 1. The van der Waals surface area contributed by atoms with Crippen molar-refractivity contribution in [2.45, 2.75) is 18.8 Å². The molecular weight excluding hydrogens is 158 g/mol. The first-order valence-corrected chi connectivity index (χ1v) is 5.00. The second-order valence-corrected chi connectivity index (χ2v) is 3.54. The van der Waals surface area contributed by atoms with Gasteiger partial charge in [-0.3, -0.25) is 0 Å². The Bertz CT molecular complexity index is 127. The van der Waals surface area contributed by atoms with Crippen LogP contribution in [0.15, 0.2) is 11.5 Å². The predicted octanol–water partition coefficient (Wildman–Crippen LogP) is 1.59. The fourth-order valence-corrected chi connectivity index (χ4v) is 1.62. The van der Waals surface area contributed by atoms with Crippen LogP contribution in [0.5, 0.6) is 0 Å². The summed E-state index contributed by atoms with van der Waals surface area (Å²) in [6.07, 6.45) is 3.23. The molecule has 0 aromatic rings. The van der Waals surface area contributed by atoms with Gasteiger partial charge < -0.3 is 10.1 Å². The smallest absolute Gasteiger partial charge is 0.119 e. The largest absolute Gasteiger partial charge is 0.362 e. The average molecular weight is 173 g/mol. The van der Waals surface area contributed by atoms with Crippen molar-refractivity contribution in [3.8, 4) is 0 Å². The minimum atomic E-state index is 0.326. The molecule has 0 aromatic heterocycles. The van der Waals surface area contributed by atoms with Crippen LogP contribution < -0.4 is 5.32 Å². The number of hydrogen-bond donors (Lipinski definition) is 1. The van der Waals surface area contributed by atoms with Crippen molar-refractivity contribution in [3.63, 3.8) is 0 Å². The Morgan fingerprint density at radius 2 is 2.64 bits per heavy atom. The Balaban J connectivity index is 2.02. The highest BCUT2D eigenvalue weighted by Crippen LogP contribution is 2.16. The Morgan fingerprint density at radius 1 is 1.73 bits per heavy atom. The van der Waals surface area contributed by atoms with Crippen LogP contribution in [0.1, 0.15) is 13.3 Å². The van der Waals surface area contributed by atoms with Gasteiger partial charge in [-0.05, 0) is 18.4 Å². The molecule has 0 bridgehead atoms. The van der Waals surface area contributed by atoms with Crippen LogP contribution in [0.2, 0.25) is 0 Å². The normalized spacial score (nSPS) is 23.9. The van der Waals surface area contributed by atoms with Gasteiger partial charge in [0.05, 0.1) is 6.61 Å². The molecule has 0 fully saturated rings. The summed E-state index contributed by atoms with van der Waals surface area (Å²) < 4.78 is 5.44. The molecule has 1 rings (SSSR count). The molecular formula is C8H15NOS. The van der Waals surface area contributed by atoms with Crippen molar-refractivity contribution in [2.75, 3.05) is 19.7 Å². The zero-order valence-electron chi connectivity index (χ0n) is 6.88. The average Bonchev–Trinajstić information content (AvgIpc) is 2.07. The summed E-state index contributed by atoms with van der Waals surface area (Å²) in [6.45, 7) is 4.99. The zero-order valence-corrected chi connectivity index (χ0v) is 7.69. The lowest BCUT2D eigenvalue weighted by molar-refractivity contribution is 0.136. The second-order valence-electron chi connectivity index (χ2n) is 2.47. The Labute approximate surface area is 72.4 Å². The number of ether oxygens (including phenoxy) is 1. The maximum atomic E-state index is 5.44. The van der Waals surface area contributed by atoms with Crippen molar-refractivity contribution >= 4 is 11.8 Å². The van der Waals surface area contributed by atoms with E-state index in [4.69, 9.17) is 4.74 Å². The number of rotatable bonds is 4. The number of hydrogen-bond acceptors (Lipinski definition) is 3. The first kappa shape index (κ1) is 9.10. The zero-order chi connectivity index (χ0) is 7.94. The standard InChI is InChI=1S/C8H15NOS/c1-2-4-9-7-8-10-5-3-6-11-8/h3,6,8-9H,2,4-5,7H2,1H3. The molecule has 1 aliphatic heterocycles. The van der Waals surface area contributed by atoms with Gasteiger partial charge in [-0.25, -0.2) is 0 Å². The molecule has 3 heteroatoms. The third kappa shape index (κ3) is 3.79. The Kier molecular flexibility index (Phi) is 4.66. The molecule has 0 amide bonds. The molecule has 1 aliphatic rings. The molecule has 1 unspecified atom stereocenters. The summed E-state index contributed by atoms with van der Waals surface area (Å²) >= 11 is 1.75. The van der Waals surface area contributed by atoms with Crippen LogP contribution in [-0.2, 0) is 4.74 Å². The van der Waals surface area contributed by atoms with Crippen LogP contribution in [0.4, 0.5) is 0 Å². The topological polar surface area (TPSA) is 21.3 Å². The van der Waals surface area contributed by atoms with E-state index < -0.39 is 0 Å². The van der Waals surface area contributed by atoms with E-state index in [9.17, 15) is 0 Å². The number of nitrogens with one attached hydrogen (secondary N) is 1. The summed E-state index contributed by atoms with van der Waals surface area (Å²) in [5.41, 5.74) is 0.326. The summed E-state index contributed by atoms with van der Waals surface area (Å²) in [6, 6.07) is 0. The molecule has 2 nitrogen and oxygen atoms in total. The monoisotopic (exact) mass is 173 g/mol. The highest BCUT2D eigenvalue weighted by molar-refractivity contribution is 8.02. The van der Waals surface area contributed by atoms with E-state index in [2.05, 4.69) is 17.6 Å². The highest BCUT2D eigenvalue weighted by Gasteiger charge is 2.08. The van der Waals surface area contributed by atoms with Crippen LogP contribution >= 0.6 is 11.8 Å². The molecule has 1 N–H and O–H groups in total. The molecule has 0 aromatic carbocycles. The minimum absolute atomic E-state index is 0.326.